The zero-order valence-corrected chi connectivity index (χ0v) is 13.1. The Morgan fingerprint density at radius 1 is 1.29 bits per heavy atom. The van der Waals surface area contributed by atoms with Crippen LogP contribution in [-0.4, -0.2) is 76.3 Å². The third-order valence-electron chi connectivity index (χ3n) is 6.25. The predicted octanol–water partition coefficient (Wildman–Crippen LogP) is -2.68. The van der Waals surface area contributed by atoms with Crippen LogP contribution in [0.4, 0.5) is 0 Å². The Balaban J connectivity index is 1.58. The van der Waals surface area contributed by atoms with Gasteiger partial charge in [-0.15, -0.1) is 0 Å². The quantitative estimate of drug-likeness (QED) is 0.371. The number of nitrogens with two attached hydrogens (primary N) is 1. The molecule has 2 spiro atoms. The van der Waals surface area contributed by atoms with Gasteiger partial charge in [0.1, 0.15) is 23.9 Å². The van der Waals surface area contributed by atoms with E-state index in [9.17, 15) is 10.2 Å². The summed E-state index contributed by atoms with van der Waals surface area (Å²) in [6.45, 7) is 3.75. The summed E-state index contributed by atoms with van der Waals surface area (Å²) >= 11 is 0. The van der Waals surface area contributed by atoms with Crippen LogP contribution in [0, 0.1) is 5.92 Å². The second kappa shape index (κ2) is 3.58. The van der Waals surface area contributed by atoms with Gasteiger partial charge < -0.3 is 44.9 Å². The highest BCUT2D eigenvalue weighted by Crippen LogP contribution is 2.65. The van der Waals surface area contributed by atoms with Crippen molar-refractivity contribution in [1.29, 1.82) is 0 Å². The number of aliphatic hydroxyl groups is 2. The molecule has 0 amide bonds. The average molecular weight is 341 g/mol. The van der Waals surface area contributed by atoms with Gasteiger partial charge in [-0.05, 0) is 13.8 Å². The molecule has 6 aliphatic heterocycles. The minimum atomic E-state index is -1.99. The number of aliphatic hydroxyl groups excluding tert-OH is 1. The highest BCUT2D eigenvalue weighted by molar-refractivity contribution is 5.80. The summed E-state index contributed by atoms with van der Waals surface area (Å²) in [5, 5.41) is 25.1. The molecule has 7 rings (SSSR count). The van der Waals surface area contributed by atoms with Crippen molar-refractivity contribution in [3.63, 3.8) is 0 Å². The Bertz CT molecular complexity index is 687. The van der Waals surface area contributed by atoms with Crippen LogP contribution in [0.1, 0.15) is 13.8 Å². The summed E-state index contributed by atoms with van der Waals surface area (Å²) in [5.41, 5.74) is 3.79. The van der Waals surface area contributed by atoms with Crippen LogP contribution in [-0.2, 0) is 23.7 Å². The highest BCUT2D eigenvalue weighted by Gasteiger charge is 2.88. The van der Waals surface area contributed by atoms with Crippen LogP contribution in [0.25, 0.3) is 0 Å². The molecule has 10 nitrogen and oxygen atoms in total. The molecule has 1 saturated carbocycles. The first-order valence-electron chi connectivity index (χ1n) is 8.09. The van der Waals surface area contributed by atoms with E-state index in [0.717, 1.165) is 0 Å². The largest absolute Gasteiger partial charge is 0.388 e. The summed E-state index contributed by atoms with van der Waals surface area (Å²) < 4.78 is 29.4. The molecule has 5 N–H and O–H groups in total. The maximum absolute atomic E-state index is 11.2. The lowest BCUT2D eigenvalue weighted by Gasteiger charge is -2.68. The molecule has 0 radical (unpaired) electrons. The standard InChI is InChI=1S/C14H19N3O7/c1-11(2)20-3-12(24-11)6-4-8-16-10(15)17-13(4)5(18)7(12)23-14(19,22-6)9(13)21-8/h4-9,18-19H,3H2,1-2H3,(H3,15,16,17)/t4?,5-,6?,7?,8?,9-,12?,13?,14?/m0/s1. The van der Waals surface area contributed by atoms with E-state index in [0.29, 0.717) is 0 Å². The van der Waals surface area contributed by atoms with Gasteiger partial charge in [0.15, 0.2) is 29.7 Å². The van der Waals surface area contributed by atoms with Gasteiger partial charge in [-0.2, -0.15) is 0 Å². The van der Waals surface area contributed by atoms with Gasteiger partial charge in [-0.3, -0.25) is 0 Å². The van der Waals surface area contributed by atoms with Crippen molar-refractivity contribution in [3.8, 4) is 0 Å². The van der Waals surface area contributed by atoms with E-state index in [4.69, 9.17) is 29.4 Å². The number of hydrogen-bond acceptors (Lipinski definition) is 10. The number of rotatable bonds is 0. The molecule has 7 unspecified atom stereocenters. The minimum absolute atomic E-state index is 0.168. The van der Waals surface area contributed by atoms with Gasteiger partial charge in [0.2, 0.25) is 0 Å². The molecule has 0 aromatic rings. The molecule has 0 aromatic carbocycles. The summed E-state index contributed by atoms with van der Waals surface area (Å²) in [6.07, 6.45) is -4.11. The van der Waals surface area contributed by atoms with Crippen molar-refractivity contribution in [2.24, 2.45) is 16.6 Å². The lowest BCUT2D eigenvalue weighted by Crippen LogP contribution is -2.92. The molecule has 24 heavy (non-hydrogen) atoms. The molecular weight excluding hydrogens is 322 g/mol. The first-order valence-corrected chi connectivity index (χ1v) is 8.09. The fourth-order valence-corrected chi connectivity index (χ4v) is 5.53. The fraction of sp³-hybridized carbons (Fsp3) is 0.929. The van der Waals surface area contributed by atoms with Crippen molar-refractivity contribution in [2.45, 2.75) is 67.4 Å². The van der Waals surface area contributed by atoms with E-state index < -0.39 is 53.5 Å². The molecule has 6 fully saturated rings. The molecule has 7 aliphatic rings. The van der Waals surface area contributed by atoms with Crippen LogP contribution >= 0.6 is 0 Å². The number of nitrogens with zero attached hydrogens (tertiary/aromatic N) is 1. The first-order chi connectivity index (χ1) is 11.2. The van der Waals surface area contributed by atoms with E-state index in [1.165, 1.54) is 0 Å². The van der Waals surface area contributed by atoms with Crippen LogP contribution in [0.2, 0.25) is 0 Å². The smallest absolute Gasteiger partial charge is 0.311 e. The summed E-state index contributed by atoms with van der Waals surface area (Å²) in [6, 6.07) is 0. The van der Waals surface area contributed by atoms with E-state index in [1.54, 1.807) is 13.8 Å². The van der Waals surface area contributed by atoms with Crippen LogP contribution in [0.5, 0.6) is 0 Å². The van der Waals surface area contributed by atoms with Gasteiger partial charge in [-0.1, -0.05) is 0 Å². The minimum Gasteiger partial charge on any atom is -0.388 e. The van der Waals surface area contributed by atoms with E-state index in [-0.39, 0.29) is 18.5 Å². The van der Waals surface area contributed by atoms with E-state index in [1.807, 2.05) is 0 Å². The van der Waals surface area contributed by atoms with Crippen molar-refractivity contribution >= 4 is 5.96 Å². The van der Waals surface area contributed by atoms with Crippen LogP contribution in [0.15, 0.2) is 4.99 Å². The third-order valence-corrected chi connectivity index (χ3v) is 6.25. The Labute approximate surface area is 136 Å². The second-order valence-corrected chi connectivity index (χ2v) is 7.90. The fourth-order valence-electron chi connectivity index (χ4n) is 5.53. The molecule has 0 aromatic heterocycles. The molecule has 1 aliphatic carbocycles. The third kappa shape index (κ3) is 1.22. The number of ether oxygens (including phenoxy) is 5. The lowest BCUT2D eigenvalue weighted by atomic mass is 9.56. The van der Waals surface area contributed by atoms with Gasteiger partial charge in [0.25, 0.3) is 0 Å². The normalized spacial score (nSPS) is 64.4. The molecule has 9 atom stereocenters. The number of hydrogen-bond donors (Lipinski definition) is 4. The maximum atomic E-state index is 11.2. The second-order valence-electron chi connectivity index (χ2n) is 7.90. The van der Waals surface area contributed by atoms with E-state index >= 15 is 0 Å². The predicted molar refractivity (Wildman–Crippen MR) is 74.2 cm³/mol. The Morgan fingerprint density at radius 3 is 2.75 bits per heavy atom. The lowest BCUT2D eigenvalue weighted by molar-refractivity contribution is -0.528. The van der Waals surface area contributed by atoms with Crippen molar-refractivity contribution in [3.05, 3.63) is 0 Å². The molecule has 10 heteroatoms. The SMILES string of the molecule is CC1(C)OCC2(O1)C1OC3(O)OC2[C@H](O)C24NC(N)=NC(O[C@H]32)C14. The summed E-state index contributed by atoms with van der Waals surface area (Å²) in [5.74, 6) is -3.07. The molecule has 7 bridgehead atoms. The number of guanidine groups is 1. The monoisotopic (exact) mass is 341 g/mol. The van der Waals surface area contributed by atoms with Crippen LogP contribution in [0.3, 0.4) is 0 Å². The first kappa shape index (κ1) is 14.2. The molecule has 6 heterocycles. The number of aliphatic imine (C=N–C) groups is 1. The Hall–Kier alpha value is -1.01. The molecule has 132 valence electrons. The number of nitrogens with one attached hydrogen (secondary N) is 1. The molecular formula is C14H19N3O7. The Kier molecular flexibility index (Phi) is 2.12. The van der Waals surface area contributed by atoms with Gasteiger partial charge >= 0.3 is 5.97 Å². The van der Waals surface area contributed by atoms with E-state index in [2.05, 4.69) is 10.3 Å². The van der Waals surface area contributed by atoms with Crippen molar-refractivity contribution in [2.75, 3.05) is 6.61 Å². The average Bonchev–Trinajstić information content (AvgIpc) is 2.87. The topological polar surface area (TPSA) is 137 Å². The maximum Gasteiger partial charge on any atom is 0.311 e. The Morgan fingerprint density at radius 2 is 2.04 bits per heavy atom. The van der Waals surface area contributed by atoms with Crippen LogP contribution < -0.4 is 11.1 Å². The van der Waals surface area contributed by atoms with Crippen molar-refractivity contribution < 1.29 is 33.9 Å². The molecule has 5 saturated heterocycles. The van der Waals surface area contributed by atoms with Gasteiger partial charge in [-0.25, -0.2) is 4.99 Å². The van der Waals surface area contributed by atoms with Gasteiger partial charge in [0, 0.05) is 0 Å². The zero-order chi connectivity index (χ0) is 16.7. The highest BCUT2D eigenvalue weighted by atomic mass is 16.9. The zero-order valence-electron chi connectivity index (χ0n) is 13.1. The summed E-state index contributed by atoms with van der Waals surface area (Å²) in [4.78, 5) is 4.28. The van der Waals surface area contributed by atoms with Crippen molar-refractivity contribution in [1.82, 2.24) is 5.32 Å². The summed E-state index contributed by atoms with van der Waals surface area (Å²) in [7, 11) is 0. The van der Waals surface area contributed by atoms with Gasteiger partial charge in [0.05, 0.1) is 12.5 Å².